The van der Waals surface area contributed by atoms with Gasteiger partial charge in [-0.2, -0.15) is 0 Å². The molecule has 0 atom stereocenters. The normalized spacial score (nSPS) is 11.3. The molecule has 0 spiro atoms. The lowest BCUT2D eigenvalue weighted by Gasteiger charge is -2.17. The number of benzene rings is 2. The van der Waals surface area contributed by atoms with Crippen LogP contribution in [0.1, 0.15) is 45.1 Å². The minimum absolute atomic E-state index is 0.0911. The number of hydrogen-bond acceptors (Lipinski definition) is 8. The van der Waals surface area contributed by atoms with Gasteiger partial charge < -0.3 is 33.5 Å². The van der Waals surface area contributed by atoms with Gasteiger partial charge in [-0.3, -0.25) is 4.79 Å². The number of unbranched alkanes of at least 4 members (excludes halogenated alkanes) is 2. The minimum Gasteiger partial charge on any atom is -0.507 e. The van der Waals surface area contributed by atoms with Crippen LogP contribution in [0.4, 0.5) is 0 Å². The molecule has 224 valence electrons. The Labute approximate surface area is 244 Å². The molecule has 0 aliphatic carbocycles. The average Bonchev–Trinajstić information content (AvgIpc) is 2.92. The molecule has 0 aliphatic rings. The van der Waals surface area contributed by atoms with E-state index in [0.29, 0.717) is 48.0 Å². The molecule has 3 rings (SSSR count). The molecule has 1 aromatic heterocycles. The molecule has 0 unspecified atom stereocenters. The Morgan fingerprint density at radius 2 is 1.54 bits per heavy atom. The fraction of sp³-hybridized carbons (Fsp3) is 0.485. The first-order chi connectivity index (χ1) is 19.6. The molecule has 0 fully saturated rings. The van der Waals surface area contributed by atoms with Crippen LogP contribution in [0.2, 0.25) is 0 Å². The Balaban J connectivity index is 2.13. The van der Waals surface area contributed by atoms with Crippen molar-refractivity contribution in [3.05, 3.63) is 57.8 Å². The molecular weight excluding hydrogens is 520 g/mol. The summed E-state index contributed by atoms with van der Waals surface area (Å²) in [6, 6.07) is 8.84. The molecule has 0 saturated heterocycles. The maximum Gasteiger partial charge on any atom is 0.239 e. The number of rotatable bonds is 16. The molecule has 8 nitrogen and oxygen atoms in total. The van der Waals surface area contributed by atoms with Crippen molar-refractivity contribution in [2.24, 2.45) is 0 Å². The SMILES string of the molecule is COc1ccc(-c2oc3c(CC=C(C)C)c(OCCCCN(C)C)cc(O)c3c(=O)c2OCCCCN(C)C)cc1. The van der Waals surface area contributed by atoms with Gasteiger partial charge in [-0.15, -0.1) is 0 Å². The molecular formula is C33H46N2O6. The van der Waals surface area contributed by atoms with Gasteiger partial charge in [0.1, 0.15) is 28.2 Å². The van der Waals surface area contributed by atoms with Crippen molar-refractivity contribution in [1.29, 1.82) is 0 Å². The molecule has 41 heavy (non-hydrogen) atoms. The fourth-order valence-electron chi connectivity index (χ4n) is 4.47. The Morgan fingerprint density at radius 1 is 0.927 bits per heavy atom. The lowest BCUT2D eigenvalue weighted by atomic mass is 10.0. The van der Waals surface area contributed by atoms with Gasteiger partial charge in [0, 0.05) is 17.2 Å². The number of nitrogens with zero attached hydrogens (tertiary/aromatic N) is 2. The quantitative estimate of drug-likeness (QED) is 0.164. The van der Waals surface area contributed by atoms with Crippen LogP contribution in [0.5, 0.6) is 23.0 Å². The average molecular weight is 567 g/mol. The summed E-state index contributed by atoms with van der Waals surface area (Å²) in [6.07, 6.45) is 6.10. The van der Waals surface area contributed by atoms with E-state index in [9.17, 15) is 9.90 Å². The van der Waals surface area contributed by atoms with E-state index in [0.717, 1.165) is 49.9 Å². The van der Waals surface area contributed by atoms with E-state index in [1.807, 2.05) is 66.3 Å². The summed E-state index contributed by atoms with van der Waals surface area (Å²) in [5.74, 6) is 1.43. The van der Waals surface area contributed by atoms with Crippen LogP contribution in [-0.4, -0.2) is 76.5 Å². The Morgan fingerprint density at radius 3 is 2.10 bits per heavy atom. The van der Waals surface area contributed by atoms with Crippen LogP contribution >= 0.6 is 0 Å². The maximum absolute atomic E-state index is 14.0. The van der Waals surface area contributed by atoms with Crippen LogP contribution in [0.3, 0.4) is 0 Å². The highest BCUT2D eigenvalue weighted by Crippen LogP contribution is 2.40. The standard InChI is InChI=1S/C33H46N2O6/c1-23(2)12-17-26-28(39-20-10-8-18-34(3)4)22-27(36)29-30(37)33(40-21-11-9-19-35(5)6)31(41-32(26)29)24-13-15-25(38-7)16-14-24/h12-16,22,36H,8-11,17-21H2,1-7H3. The summed E-state index contributed by atoms with van der Waals surface area (Å²) in [7, 11) is 9.75. The zero-order chi connectivity index (χ0) is 29.9. The Bertz CT molecular complexity index is 1360. The third kappa shape index (κ3) is 9.00. The summed E-state index contributed by atoms with van der Waals surface area (Å²) in [6.45, 7) is 6.77. The number of ether oxygens (including phenoxy) is 3. The topological polar surface area (TPSA) is 84.6 Å². The van der Waals surface area contributed by atoms with Gasteiger partial charge in [-0.25, -0.2) is 0 Å². The third-order valence-corrected chi connectivity index (χ3v) is 6.74. The molecule has 0 aliphatic heterocycles. The van der Waals surface area contributed by atoms with Crippen molar-refractivity contribution >= 4 is 11.0 Å². The van der Waals surface area contributed by atoms with E-state index in [2.05, 4.69) is 15.9 Å². The van der Waals surface area contributed by atoms with Crippen LogP contribution in [0.25, 0.3) is 22.3 Å². The molecule has 0 amide bonds. The summed E-state index contributed by atoms with van der Waals surface area (Å²) in [5, 5.41) is 11.2. The molecule has 3 aromatic rings. The molecule has 1 N–H and O–H groups in total. The minimum atomic E-state index is -0.404. The Hall–Kier alpha value is -3.49. The van der Waals surface area contributed by atoms with E-state index < -0.39 is 5.43 Å². The Kier molecular flexibility index (Phi) is 12.1. The number of phenolic OH excluding ortho intramolecular Hbond substituents is 1. The lowest BCUT2D eigenvalue weighted by molar-refractivity contribution is 0.285. The monoisotopic (exact) mass is 566 g/mol. The summed E-state index contributed by atoms with van der Waals surface area (Å²) in [5.41, 5.74) is 2.42. The lowest BCUT2D eigenvalue weighted by Crippen LogP contribution is -2.15. The van der Waals surface area contributed by atoms with Crippen LogP contribution in [0.15, 0.2) is 51.2 Å². The van der Waals surface area contributed by atoms with Crippen LogP contribution in [-0.2, 0) is 6.42 Å². The summed E-state index contributed by atoms with van der Waals surface area (Å²) >= 11 is 0. The van der Waals surface area contributed by atoms with Crippen molar-refractivity contribution < 1.29 is 23.7 Å². The van der Waals surface area contributed by atoms with Gasteiger partial charge in [0.05, 0.1) is 20.3 Å². The number of fused-ring (bicyclic) bond motifs is 1. The number of aromatic hydroxyl groups is 1. The van der Waals surface area contributed by atoms with E-state index in [4.69, 9.17) is 18.6 Å². The van der Waals surface area contributed by atoms with Crippen molar-refractivity contribution in [1.82, 2.24) is 9.80 Å². The first-order valence-corrected chi connectivity index (χ1v) is 14.3. The highest BCUT2D eigenvalue weighted by atomic mass is 16.5. The van der Waals surface area contributed by atoms with E-state index >= 15 is 0 Å². The second-order valence-electron chi connectivity index (χ2n) is 11.1. The fourth-order valence-corrected chi connectivity index (χ4v) is 4.47. The zero-order valence-corrected chi connectivity index (χ0v) is 25.7. The first kappa shape index (κ1) is 32.0. The maximum atomic E-state index is 14.0. The van der Waals surface area contributed by atoms with Gasteiger partial charge in [-0.1, -0.05) is 11.6 Å². The molecule has 0 saturated carbocycles. The van der Waals surface area contributed by atoms with Crippen LogP contribution < -0.4 is 19.6 Å². The molecule has 1 heterocycles. The second kappa shape index (κ2) is 15.5. The highest BCUT2D eigenvalue weighted by Gasteiger charge is 2.24. The van der Waals surface area contributed by atoms with Crippen molar-refractivity contribution in [3.63, 3.8) is 0 Å². The predicted molar refractivity (Wildman–Crippen MR) is 166 cm³/mol. The summed E-state index contributed by atoms with van der Waals surface area (Å²) in [4.78, 5) is 18.2. The highest BCUT2D eigenvalue weighted by molar-refractivity contribution is 5.91. The zero-order valence-electron chi connectivity index (χ0n) is 25.7. The number of hydrogen-bond donors (Lipinski definition) is 1. The summed E-state index contributed by atoms with van der Waals surface area (Å²) < 4.78 is 24.1. The predicted octanol–water partition coefficient (Wildman–Crippen LogP) is 6.12. The molecule has 0 bridgehead atoms. The molecule has 8 heteroatoms. The van der Waals surface area contributed by atoms with E-state index in [1.54, 1.807) is 7.11 Å². The van der Waals surface area contributed by atoms with Crippen molar-refractivity contribution in [2.75, 3.05) is 61.6 Å². The van der Waals surface area contributed by atoms with Gasteiger partial charge in [0.15, 0.2) is 5.76 Å². The number of methoxy groups -OCH3 is 1. The van der Waals surface area contributed by atoms with E-state index in [-0.39, 0.29) is 16.9 Å². The second-order valence-corrected chi connectivity index (χ2v) is 11.1. The van der Waals surface area contributed by atoms with Gasteiger partial charge in [-0.05, 0) is 111 Å². The first-order valence-electron chi connectivity index (χ1n) is 14.3. The largest absolute Gasteiger partial charge is 0.507 e. The smallest absolute Gasteiger partial charge is 0.239 e. The van der Waals surface area contributed by atoms with Crippen molar-refractivity contribution in [2.45, 2.75) is 46.0 Å². The van der Waals surface area contributed by atoms with E-state index in [1.165, 1.54) is 6.07 Å². The van der Waals surface area contributed by atoms with Gasteiger partial charge in [0.2, 0.25) is 11.2 Å². The molecule has 2 aromatic carbocycles. The van der Waals surface area contributed by atoms with Crippen molar-refractivity contribution in [3.8, 4) is 34.3 Å². The third-order valence-electron chi connectivity index (χ3n) is 6.74. The van der Waals surface area contributed by atoms with Gasteiger partial charge in [0.25, 0.3) is 0 Å². The number of phenols is 1. The molecule has 0 radical (unpaired) electrons. The number of allylic oxidation sites excluding steroid dienone is 2. The van der Waals surface area contributed by atoms with Crippen LogP contribution in [0, 0.1) is 0 Å². The van der Waals surface area contributed by atoms with Gasteiger partial charge >= 0.3 is 0 Å².